The molecule has 0 aromatic rings. The van der Waals surface area contributed by atoms with E-state index in [1.807, 2.05) is 0 Å². The summed E-state index contributed by atoms with van der Waals surface area (Å²) in [7, 11) is -4.11. The van der Waals surface area contributed by atoms with Gasteiger partial charge in [0.1, 0.15) is 0 Å². The highest BCUT2D eigenvalue weighted by Crippen LogP contribution is 1.87. The molecule has 0 fully saturated rings. The van der Waals surface area contributed by atoms with E-state index >= 15 is 0 Å². The van der Waals surface area contributed by atoms with Gasteiger partial charge in [-0.3, -0.25) is 0 Å². The van der Waals surface area contributed by atoms with Gasteiger partial charge in [-0.05, 0) is 12.5 Å². The number of aliphatic hydroxyl groups is 1. The highest BCUT2D eigenvalue weighted by Gasteiger charge is 1.89. The molecule has 0 radical (unpaired) electrons. The molecule has 4 nitrogen and oxygen atoms in total. The molecule has 0 heterocycles. The fraction of sp³-hybridized carbons (Fsp3) is 0.500. The van der Waals surface area contributed by atoms with E-state index in [1.165, 1.54) is 6.08 Å². The second-order valence-electron chi connectivity index (χ2n) is 1.44. The summed E-state index contributed by atoms with van der Waals surface area (Å²) >= 11 is 0. The lowest BCUT2D eigenvalue weighted by Crippen LogP contribution is -2.02. The minimum absolute atomic E-state index is 0.0718. The topological polar surface area (TPSA) is 77.4 Å². The standard InChI is InChI=1S/C4H8O4S/c5-3-1-2-4-9(6,7)8/h1,3,5H,2,4H2,(H,6,7,8)/p-1/b3-1+. The van der Waals surface area contributed by atoms with Gasteiger partial charge in [0, 0.05) is 5.75 Å². The minimum Gasteiger partial charge on any atom is -0.748 e. The van der Waals surface area contributed by atoms with Gasteiger partial charge in [0.15, 0.2) is 0 Å². The maximum atomic E-state index is 9.83. The molecular weight excluding hydrogens is 144 g/mol. The summed E-state index contributed by atoms with van der Waals surface area (Å²) in [4.78, 5) is 0. The van der Waals surface area contributed by atoms with Crippen LogP contribution in [-0.2, 0) is 10.1 Å². The van der Waals surface area contributed by atoms with Crippen LogP contribution in [0.2, 0.25) is 0 Å². The van der Waals surface area contributed by atoms with Gasteiger partial charge in [-0.25, -0.2) is 8.42 Å². The molecule has 0 bridgehead atoms. The quantitative estimate of drug-likeness (QED) is 0.454. The van der Waals surface area contributed by atoms with Crippen LogP contribution in [-0.4, -0.2) is 23.8 Å². The van der Waals surface area contributed by atoms with Crippen molar-refractivity contribution >= 4 is 10.1 Å². The summed E-state index contributed by atoms with van der Waals surface area (Å²) in [5.74, 6) is -0.454. The third-order valence-electron chi connectivity index (χ3n) is 0.640. The van der Waals surface area contributed by atoms with Crippen LogP contribution in [0.4, 0.5) is 0 Å². The van der Waals surface area contributed by atoms with E-state index in [0.717, 1.165) is 0 Å². The summed E-state index contributed by atoms with van der Waals surface area (Å²) in [5, 5.41) is 7.99. The van der Waals surface area contributed by atoms with Crippen LogP contribution in [0.3, 0.4) is 0 Å². The third kappa shape index (κ3) is 7.45. The predicted octanol–water partition coefficient (Wildman–Crippen LogP) is -0.00660. The molecular formula is C4H7O4S-. The van der Waals surface area contributed by atoms with Crippen LogP contribution >= 0.6 is 0 Å². The highest BCUT2D eigenvalue weighted by atomic mass is 32.2. The van der Waals surface area contributed by atoms with Gasteiger partial charge in [-0.2, -0.15) is 0 Å². The van der Waals surface area contributed by atoms with Gasteiger partial charge in [0.05, 0.1) is 16.4 Å². The van der Waals surface area contributed by atoms with Gasteiger partial charge < -0.3 is 9.66 Å². The number of allylic oxidation sites excluding steroid dienone is 1. The van der Waals surface area contributed by atoms with E-state index in [4.69, 9.17) is 5.11 Å². The van der Waals surface area contributed by atoms with Crippen LogP contribution in [0.5, 0.6) is 0 Å². The zero-order valence-corrected chi connectivity index (χ0v) is 5.47. The summed E-state index contributed by atoms with van der Waals surface area (Å²) in [6, 6.07) is 0. The zero-order valence-electron chi connectivity index (χ0n) is 4.65. The van der Waals surface area contributed by atoms with Crippen molar-refractivity contribution in [2.45, 2.75) is 6.42 Å². The molecule has 0 aliphatic carbocycles. The Labute approximate surface area is 53.6 Å². The molecule has 0 aromatic heterocycles. The fourth-order valence-electron chi connectivity index (χ4n) is 0.287. The lowest BCUT2D eigenvalue weighted by atomic mass is 10.5. The lowest BCUT2D eigenvalue weighted by Gasteiger charge is -2.01. The molecule has 0 aromatic carbocycles. The molecule has 0 amide bonds. The second kappa shape index (κ2) is 3.47. The first-order chi connectivity index (χ1) is 4.06. The van der Waals surface area contributed by atoms with E-state index in [0.29, 0.717) is 6.26 Å². The number of aliphatic hydroxyl groups excluding tert-OH is 1. The monoisotopic (exact) mass is 151 g/mol. The molecule has 1 N–H and O–H groups in total. The SMILES string of the molecule is O=S(=O)([O-])CC/C=C/O. The van der Waals surface area contributed by atoms with Crippen molar-refractivity contribution in [2.24, 2.45) is 0 Å². The van der Waals surface area contributed by atoms with E-state index in [1.54, 1.807) is 0 Å². The summed E-state index contributed by atoms with van der Waals surface area (Å²) in [5.41, 5.74) is 0. The lowest BCUT2D eigenvalue weighted by molar-refractivity contribution is 0.461. The Morgan fingerprint density at radius 2 is 2.11 bits per heavy atom. The van der Waals surface area contributed by atoms with E-state index in [2.05, 4.69) is 0 Å². The molecule has 0 spiro atoms. The first-order valence-corrected chi connectivity index (χ1v) is 3.87. The molecule has 5 heteroatoms. The van der Waals surface area contributed by atoms with Crippen molar-refractivity contribution in [1.82, 2.24) is 0 Å². The predicted molar refractivity (Wildman–Crippen MR) is 30.9 cm³/mol. The molecule has 0 rings (SSSR count). The van der Waals surface area contributed by atoms with E-state index in [-0.39, 0.29) is 6.42 Å². The molecule has 9 heavy (non-hydrogen) atoms. The van der Waals surface area contributed by atoms with Gasteiger partial charge in [-0.1, -0.05) is 0 Å². The first kappa shape index (κ1) is 8.45. The van der Waals surface area contributed by atoms with Crippen LogP contribution in [0.15, 0.2) is 12.3 Å². The fourth-order valence-corrected chi connectivity index (χ4v) is 0.712. The Morgan fingerprint density at radius 1 is 1.56 bits per heavy atom. The molecule has 0 aliphatic rings. The zero-order chi connectivity index (χ0) is 7.33. The van der Waals surface area contributed by atoms with Crippen molar-refractivity contribution in [3.8, 4) is 0 Å². The summed E-state index contributed by atoms with van der Waals surface area (Å²) in [6.07, 6.45) is 1.99. The van der Waals surface area contributed by atoms with E-state index < -0.39 is 15.9 Å². The van der Waals surface area contributed by atoms with Crippen molar-refractivity contribution in [2.75, 3.05) is 5.75 Å². The Balaban J connectivity index is 3.53. The Kier molecular flexibility index (Phi) is 3.26. The Bertz CT molecular complexity index is 179. The largest absolute Gasteiger partial charge is 0.748 e. The van der Waals surface area contributed by atoms with Gasteiger partial charge in [0.25, 0.3) is 0 Å². The van der Waals surface area contributed by atoms with Crippen molar-refractivity contribution < 1.29 is 18.1 Å². The van der Waals surface area contributed by atoms with Gasteiger partial charge in [-0.15, -0.1) is 0 Å². The van der Waals surface area contributed by atoms with E-state index in [9.17, 15) is 13.0 Å². The van der Waals surface area contributed by atoms with Crippen LogP contribution in [0.1, 0.15) is 6.42 Å². The van der Waals surface area contributed by atoms with Crippen molar-refractivity contribution in [1.29, 1.82) is 0 Å². The smallest absolute Gasteiger partial charge is 0.0949 e. The number of rotatable bonds is 3. The van der Waals surface area contributed by atoms with Crippen LogP contribution in [0, 0.1) is 0 Å². The third-order valence-corrected chi connectivity index (χ3v) is 1.38. The molecule has 0 unspecified atom stereocenters. The Morgan fingerprint density at radius 3 is 2.44 bits per heavy atom. The maximum absolute atomic E-state index is 9.83. The average Bonchev–Trinajstić information content (AvgIpc) is 1.63. The molecule has 0 aliphatic heterocycles. The van der Waals surface area contributed by atoms with Gasteiger partial charge >= 0.3 is 0 Å². The normalized spacial score (nSPS) is 12.6. The maximum Gasteiger partial charge on any atom is 0.0949 e. The highest BCUT2D eigenvalue weighted by molar-refractivity contribution is 7.85. The molecule has 0 saturated heterocycles. The summed E-state index contributed by atoms with van der Waals surface area (Å²) < 4.78 is 29.5. The van der Waals surface area contributed by atoms with Gasteiger partial charge in [0.2, 0.25) is 0 Å². The molecule has 54 valence electrons. The Hall–Kier alpha value is -0.550. The second-order valence-corrected chi connectivity index (χ2v) is 2.96. The van der Waals surface area contributed by atoms with Crippen molar-refractivity contribution in [3.05, 3.63) is 12.3 Å². The molecule has 0 saturated carbocycles. The summed E-state index contributed by atoms with van der Waals surface area (Å²) in [6.45, 7) is 0. The van der Waals surface area contributed by atoms with Crippen molar-refractivity contribution in [3.63, 3.8) is 0 Å². The van der Waals surface area contributed by atoms with Crippen LogP contribution in [0.25, 0.3) is 0 Å². The average molecular weight is 151 g/mol. The number of hydrogen-bond acceptors (Lipinski definition) is 4. The first-order valence-electron chi connectivity index (χ1n) is 2.29. The van der Waals surface area contributed by atoms with Crippen LogP contribution < -0.4 is 0 Å². The number of hydrogen-bond donors (Lipinski definition) is 1. The molecule has 0 atom stereocenters. The minimum atomic E-state index is -4.11.